The van der Waals surface area contributed by atoms with Crippen molar-refractivity contribution < 1.29 is 18.7 Å². The van der Waals surface area contributed by atoms with Gasteiger partial charge in [0.05, 0.1) is 36.3 Å². The van der Waals surface area contributed by atoms with E-state index in [1.165, 1.54) is 31.5 Å². The molecule has 7 nitrogen and oxygen atoms in total. The Labute approximate surface area is 201 Å². The van der Waals surface area contributed by atoms with E-state index in [-0.39, 0.29) is 29.0 Å². The van der Waals surface area contributed by atoms with Gasteiger partial charge in [0.15, 0.2) is 5.78 Å². The average Bonchev–Trinajstić information content (AvgIpc) is 3.26. The van der Waals surface area contributed by atoms with Crippen molar-refractivity contribution >= 4 is 34.8 Å². The van der Waals surface area contributed by atoms with Gasteiger partial charge >= 0.3 is 0 Å². The van der Waals surface area contributed by atoms with E-state index in [4.69, 9.17) is 16.3 Å². The Bertz CT molecular complexity index is 1280. The van der Waals surface area contributed by atoms with Gasteiger partial charge in [-0.3, -0.25) is 19.6 Å². The lowest BCUT2D eigenvalue weighted by Gasteiger charge is -2.15. The minimum absolute atomic E-state index is 0.00804. The second kappa shape index (κ2) is 10.0. The van der Waals surface area contributed by atoms with Gasteiger partial charge in [0.1, 0.15) is 17.4 Å². The summed E-state index contributed by atoms with van der Waals surface area (Å²) in [5.41, 5.74) is 1.45. The topological polar surface area (TPSA) is 83.9 Å². The van der Waals surface area contributed by atoms with Gasteiger partial charge in [0.25, 0.3) is 5.91 Å². The molecule has 1 aliphatic rings. The highest BCUT2D eigenvalue weighted by atomic mass is 35.5. The number of methoxy groups -OCH3 is 1. The molecule has 3 aromatic rings. The van der Waals surface area contributed by atoms with E-state index in [9.17, 15) is 14.0 Å². The molecule has 2 heterocycles. The summed E-state index contributed by atoms with van der Waals surface area (Å²) in [6.07, 6.45) is 1.45. The molecule has 4 rings (SSSR count). The minimum atomic E-state index is -0.676. The van der Waals surface area contributed by atoms with Crippen LogP contribution in [0.2, 0.25) is 5.02 Å². The van der Waals surface area contributed by atoms with Crippen LogP contribution in [0.15, 0.2) is 59.7 Å². The van der Waals surface area contributed by atoms with E-state index >= 15 is 0 Å². The van der Waals surface area contributed by atoms with Crippen LogP contribution in [0.3, 0.4) is 0 Å². The van der Waals surface area contributed by atoms with Crippen molar-refractivity contribution in [3.8, 4) is 5.75 Å². The molecule has 0 unspecified atom stereocenters. The molecule has 0 saturated carbocycles. The van der Waals surface area contributed by atoms with E-state index in [1.54, 1.807) is 30.3 Å². The maximum Gasteiger partial charge on any atom is 0.258 e. The number of aliphatic imine (C=N–C) groups is 1. The summed E-state index contributed by atoms with van der Waals surface area (Å²) in [5, 5.41) is 3.12. The molecular weight excluding hydrogens is 459 g/mol. The lowest BCUT2D eigenvalue weighted by atomic mass is 10.0. The molecule has 0 spiro atoms. The number of amidine groups is 1. The molecule has 1 amide bonds. The van der Waals surface area contributed by atoms with Gasteiger partial charge in [0, 0.05) is 36.6 Å². The van der Waals surface area contributed by atoms with Gasteiger partial charge in [-0.25, -0.2) is 4.39 Å². The second-order valence-corrected chi connectivity index (χ2v) is 8.19. The number of anilines is 1. The maximum absolute atomic E-state index is 14.8. The number of hydrogen-bond donors (Lipinski definition) is 1. The molecule has 0 bridgehead atoms. The average molecular weight is 481 g/mol. The van der Waals surface area contributed by atoms with Gasteiger partial charge in [-0.2, -0.15) is 0 Å². The predicted octanol–water partition coefficient (Wildman–Crippen LogP) is 4.25. The van der Waals surface area contributed by atoms with Crippen LogP contribution in [-0.4, -0.2) is 54.7 Å². The van der Waals surface area contributed by atoms with Gasteiger partial charge in [0.2, 0.25) is 0 Å². The second-order valence-electron chi connectivity index (χ2n) is 7.75. The van der Waals surface area contributed by atoms with E-state index in [0.717, 1.165) is 6.54 Å². The Morgan fingerprint density at radius 2 is 1.97 bits per heavy atom. The summed E-state index contributed by atoms with van der Waals surface area (Å²) in [7, 11) is 3.36. The number of aromatic nitrogens is 1. The summed E-state index contributed by atoms with van der Waals surface area (Å²) in [6.45, 7) is 1.41. The summed E-state index contributed by atoms with van der Waals surface area (Å²) in [5.74, 6) is -0.506. The lowest BCUT2D eigenvalue weighted by molar-refractivity contribution is 0.0992. The van der Waals surface area contributed by atoms with Crippen molar-refractivity contribution in [3.63, 3.8) is 0 Å². The first kappa shape index (κ1) is 23.4. The molecule has 0 aliphatic carbocycles. The highest BCUT2D eigenvalue weighted by molar-refractivity contribution is 6.30. The zero-order valence-corrected chi connectivity index (χ0v) is 19.4. The fraction of sp³-hybridized carbons (Fsp3) is 0.200. The fourth-order valence-corrected chi connectivity index (χ4v) is 3.74. The third-order valence-electron chi connectivity index (χ3n) is 5.44. The molecule has 0 fully saturated rings. The molecule has 2 aromatic carbocycles. The molecule has 174 valence electrons. The largest absolute Gasteiger partial charge is 0.497 e. The first-order valence-corrected chi connectivity index (χ1v) is 10.9. The van der Waals surface area contributed by atoms with Crippen LogP contribution in [0.25, 0.3) is 0 Å². The summed E-state index contributed by atoms with van der Waals surface area (Å²) >= 11 is 5.86. The summed E-state index contributed by atoms with van der Waals surface area (Å²) in [4.78, 5) is 36.4. The Balaban J connectivity index is 1.58. The van der Waals surface area contributed by atoms with Gasteiger partial charge in [-0.05, 0) is 42.5 Å². The summed E-state index contributed by atoms with van der Waals surface area (Å²) in [6, 6.07) is 12.4. The molecule has 1 N–H and O–H groups in total. The number of hydrogen-bond acceptors (Lipinski definition) is 6. The maximum atomic E-state index is 14.8. The number of Topliss-reactive ketones (excluding diaryl/α,β-unsaturated/α-hetero) is 1. The smallest absolute Gasteiger partial charge is 0.258 e. The number of benzene rings is 2. The van der Waals surface area contributed by atoms with E-state index in [2.05, 4.69) is 15.3 Å². The van der Waals surface area contributed by atoms with Gasteiger partial charge < -0.3 is 15.0 Å². The number of ketones is 1. The quantitative estimate of drug-likeness (QED) is 0.511. The van der Waals surface area contributed by atoms with Crippen LogP contribution < -0.4 is 10.1 Å². The van der Waals surface area contributed by atoms with Gasteiger partial charge in [-0.15, -0.1) is 0 Å². The van der Waals surface area contributed by atoms with Crippen LogP contribution in [0, 0.1) is 5.82 Å². The van der Waals surface area contributed by atoms with Crippen LogP contribution in [0.5, 0.6) is 5.75 Å². The van der Waals surface area contributed by atoms with Crippen molar-refractivity contribution in [2.24, 2.45) is 4.99 Å². The zero-order valence-electron chi connectivity index (χ0n) is 18.6. The number of carbonyl (C=O) groups excluding carboxylic acids is 2. The Morgan fingerprint density at radius 3 is 2.62 bits per heavy atom. The Kier molecular flexibility index (Phi) is 6.88. The standard InChI is InChI=1S/C25H22ClFN4O3/c1-31-10-9-28-24(31)15-3-7-19(21(27)11-15)25(33)30-22-8-6-18(34-2)13-20(22)23(32)12-17-5-4-16(26)14-29-17/h3-8,11,13-14H,9-10,12H2,1-2H3,(H,30,33). The van der Waals surface area contributed by atoms with Crippen LogP contribution in [0.4, 0.5) is 10.1 Å². The number of rotatable bonds is 7. The normalized spacial score (nSPS) is 12.9. The lowest BCUT2D eigenvalue weighted by Crippen LogP contribution is -2.24. The molecule has 0 saturated heterocycles. The number of amides is 1. The molecule has 1 aromatic heterocycles. The number of ether oxygens (including phenoxy) is 1. The van der Waals surface area contributed by atoms with Crippen molar-refractivity contribution in [1.82, 2.24) is 9.88 Å². The van der Waals surface area contributed by atoms with Crippen LogP contribution in [0.1, 0.15) is 32.0 Å². The van der Waals surface area contributed by atoms with E-state index < -0.39 is 11.7 Å². The Hall–Kier alpha value is -3.78. The van der Waals surface area contributed by atoms with Crippen LogP contribution in [-0.2, 0) is 6.42 Å². The van der Waals surface area contributed by atoms with Crippen molar-refractivity contribution in [2.45, 2.75) is 6.42 Å². The van der Waals surface area contributed by atoms with Gasteiger partial charge in [-0.1, -0.05) is 17.7 Å². The minimum Gasteiger partial charge on any atom is -0.497 e. The van der Waals surface area contributed by atoms with Crippen molar-refractivity contribution in [2.75, 3.05) is 32.6 Å². The predicted molar refractivity (Wildman–Crippen MR) is 129 cm³/mol. The van der Waals surface area contributed by atoms with E-state index in [0.29, 0.717) is 34.4 Å². The third kappa shape index (κ3) is 5.07. The molecule has 0 radical (unpaired) electrons. The first-order valence-electron chi connectivity index (χ1n) is 10.5. The SMILES string of the molecule is COc1ccc(NC(=O)c2ccc(C3=NCCN3C)cc2F)c(C(=O)Cc2ccc(Cl)cn2)c1. The molecule has 0 atom stereocenters. The number of nitrogens with zero attached hydrogens (tertiary/aromatic N) is 3. The van der Waals surface area contributed by atoms with Crippen molar-refractivity contribution in [3.05, 3.63) is 88.0 Å². The molecular formula is C25H22ClFN4O3. The molecule has 9 heteroatoms. The molecule has 34 heavy (non-hydrogen) atoms. The highest BCUT2D eigenvalue weighted by Crippen LogP contribution is 2.25. The molecule has 1 aliphatic heterocycles. The zero-order chi connectivity index (χ0) is 24.2. The van der Waals surface area contributed by atoms with Crippen molar-refractivity contribution in [1.29, 1.82) is 0 Å². The van der Waals surface area contributed by atoms with Crippen LogP contribution >= 0.6 is 11.6 Å². The highest BCUT2D eigenvalue weighted by Gasteiger charge is 2.21. The fourth-order valence-electron chi connectivity index (χ4n) is 3.63. The first-order chi connectivity index (χ1) is 16.4. The monoisotopic (exact) mass is 480 g/mol. The number of nitrogens with one attached hydrogen (secondary N) is 1. The Morgan fingerprint density at radius 1 is 1.15 bits per heavy atom. The third-order valence-corrected chi connectivity index (χ3v) is 5.66. The number of halogens is 2. The number of carbonyl (C=O) groups is 2. The summed E-state index contributed by atoms with van der Waals surface area (Å²) < 4.78 is 20.1. The number of pyridine rings is 1. The number of likely N-dealkylation sites (N-methyl/N-ethyl adjacent to an activating group) is 1. The van der Waals surface area contributed by atoms with E-state index in [1.807, 2.05) is 11.9 Å².